The maximum Gasteiger partial charge on any atom is 0.331 e. The Balaban J connectivity index is 3.53. The van der Waals surface area contributed by atoms with E-state index in [0.29, 0.717) is 12.5 Å². The normalized spacial score (nSPS) is 13.2. The van der Waals surface area contributed by atoms with Crippen molar-refractivity contribution in [1.29, 1.82) is 0 Å². The molecule has 0 fully saturated rings. The molecule has 0 aliphatic carbocycles. The fraction of sp³-hybridized carbons (Fsp3) is 0.700. The lowest BCUT2D eigenvalue weighted by atomic mass is 10.1. The standard InChI is InChI=1S/C10H19NO3/c1-8(2)6-9(12)7-11-5-4-10(13)14-3/h4-5,8-9,11-12H,6-7H2,1-3H3/b5-4+. The Bertz CT molecular complexity index is 190. The van der Waals surface area contributed by atoms with Crippen LogP contribution in [0.25, 0.3) is 0 Å². The molecule has 0 saturated carbocycles. The number of carbonyl (C=O) groups is 1. The number of esters is 1. The number of ether oxygens (including phenoxy) is 1. The molecule has 0 bridgehead atoms. The molecule has 0 saturated heterocycles. The van der Waals surface area contributed by atoms with Crippen LogP contribution in [0.1, 0.15) is 20.3 Å². The van der Waals surface area contributed by atoms with Crippen molar-refractivity contribution in [3.8, 4) is 0 Å². The Kier molecular flexibility index (Phi) is 6.84. The monoisotopic (exact) mass is 201 g/mol. The van der Waals surface area contributed by atoms with Gasteiger partial charge in [-0.3, -0.25) is 0 Å². The molecule has 0 aliphatic heterocycles. The van der Waals surface area contributed by atoms with Crippen molar-refractivity contribution in [1.82, 2.24) is 5.32 Å². The van der Waals surface area contributed by atoms with Gasteiger partial charge >= 0.3 is 5.97 Å². The van der Waals surface area contributed by atoms with Crippen LogP contribution in [0.15, 0.2) is 12.3 Å². The van der Waals surface area contributed by atoms with Crippen molar-refractivity contribution in [2.75, 3.05) is 13.7 Å². The van der Waals surface area contributed by atoms with E-state index in [1.54, 1.807) is 0 Å². The van der Waals surface area contributed by atoms with Crippen LogP contribution in [-0.4, -0.2) is 30.8 Å². The molecule has 4 heteroatoms. The Hall–Kier alpha value is -1.03. The maximum atomic E-state index is 10.6. The van der Waals surface area contributed by atoms with Crippen molar-refractivity contribution >= 4 is 5.97 Å². The van der Waals surface area contributed by atoms with Crippen molar-refractivity contribution in [2.45, 2.75) is 26.4 Å². The molecule has 0 aromatic rings. The van der Waals surface area contributed by atoms with E-state index in [1.165, 1.54) is 19.4 Å². The molecule has 1 unspecified atom stereocenters. The molecule has 0 amide bonds. The van der Waals surface area contributed by atoms with Crippen LogP contribution in [0.5, 0.6) is 0 Å². The largest absolute Gasteiger partial charge is 0.466 e. The van der Waals surface area contributed by atoms with E-state index in [9.17, 15) is 9.90 Å². The van der Waals surface area contributed by atoms with Crippen LogP contribution in [0.2, 0.25) is 0 Å². The minimum absolute atomic E-state index is 0.378. The van der Waals surface area contributed by atoms with Crippen molar-refractivity contribution in [2.24, 2.45) is 5.92 Å². The summed E-state index contributed by atoms with van der Waals surface area (Å²) >= 11 is 0. The summed E-state index contributed by atoms with van der Waals surface area (Å²) in [7, 11) is 1.32. The van der Waals surface area contributed by atoms with Crippen LogP contribution < -0.4 is 5.32 Å². The Morgan fingerprint density at radius 3 is 2.71 bits per heavy atom. The zero-order valence-corrected chi connectivity index (χ0v) is 8.99. The van der Waals surface area contributed by atoms with Crippen molar-refractivity contribution in [3.63, 3.8) is 0 Å². The van der Waals surface area contributed by atoms with Crippen molar-refractivity contribution < 1.29 is 14.6 Å². The second-order valence-electron chi connectivity index (χ2n) is 3.55. The minimum atomic E-state index is -0.407. The summed E-state index contributed by atoms with van der Waals surface area (Å²) in [5.41, 5.74) is 0. The zero-order valence-electron chi connectivity index (χ0n) is 8.99. The summed E-state index contributed by atoms with van der Waals surface area (Å²) in [5.74, 6) is 0.0623. The zero-order chi connectivity index (χ0) is 11.0. The number of nitrogens with one attached hydrogen (secondary N) is 1. The average molecular weight is 201 g/mol. The number of methoxy groups -OCH3 is 1. The highest BCUT2D eigenvalue weighted by Gasteiger charge is 2.04. The molecule has 14 heavy (non-hydrogen) atoms. The van der Waals surface area contributed by atoms with Gasteiger partial charge in [-0.15, -0.1) is 0 Å². The van der Waals surface area contributed by atoms with Gasteiger partial charge in [0, 0.05) is 18.8 Å². The van der Waals surface area contributed by atoms with E-state index in [1.807, 2.05) is 13.8 Å². The third kappa shape index (κ3) is 7.61. The van der Waals surface area contributed by atoms with Gasteiger partial charge in [0.2, 0.25) is 0 Å². The fourth-order valence-electron chi connectivity index (χ4n) is 1.03. The SMILES string of the molecule is COC(=O)/C=C/NCC(O)CC(C)C. The van der Waals surface area contributed by atoms with Gasteiger partial charge in [-0.05, 0) is 12.3 Å². The highest BCUT2D eigenvalue weighted by Crippen LogP contribution is 2.02. The Labute approximate surface area is 85.0 Å². The van der Waals surface area contributed by atoms with Crippen molar-refractivity contribution in [3.05, 3.63) is 12.3 Å². The van der Waals surface area contributed by atoms with E-state index in [0.717, 1.165) is 6.42 Å². The van der Waals surface area contributed by atoms with E-state index in [4.69, 9.17) is 0 Å². The molecule has 0 aromatic heterocycles. The summed E-state index contributed by atoms with van der Waals surface area (Å²) in [4.78, 5) is 10.6. The highest BCUT2D eigenvalue weighted by molar-refractivity contribution is 5.81. The number of carbonyl (C=O) groups excluding carboxylic acids is 1. The Morgan fingerprint density at radius 2 is 2.21 bits per heavy atom. The van der Waals surface area contributed by atoms with Gasteiger partial charge in [-0.1, -0.05) is 13.8 Å². The first-order valence-electron chi connectivity index (χ1n) is 4.72. The second-order valence-corrected chi connectivity index (χ2v) is 3.55. The lowest BCUT2D eigenvalue weighted by molar-refractivity contribution is -0.134. The second kappa shape index (κ2) is 7.38. The summed E-state index contributed by atoms with van der Waals surface area (Å²) in [6.45, 7) is 4.55. The van der Waals surface area contributed by atoms with Gasteiger partial charge in [-0.25, -0.2) is 4.79 Å². The fourth-order valence-corrected chi connectivity index (χ4v) is 1.03. The van der Waals surface area contributed by atoms with Crippen LogP contribution >= 0.6 is 0 Å². The number of aliphatic hydroxyl groups is 1. The van der Waals surface area contributed by atoms with E-state index in [2.05, 4.69) is 10.1 Å². The lowest BCUT2D eigenvalue weighted by Gasteiger charge is -2.12. The molecular weight excluding hydrogens is 182 g/mol. The highest BCUT2D eigenvalue weighted by atomic mass is 16.5. The van der Waals surface area contributed by atoms with Gasteiger partial charge in [0.05, 0.1) is 13.2 Å². The molecule has 0 rings (SSSR count). The summed E-state index contributed by atoms with van der Waals surface area (Å²) < 4.78 is 4.39. The van der Waals surface area contributed by atoms with Crippen LogP contribution in [0.3, 0.4) is 0 Å². The molecule has 0 spiro atoms. The van der Waals surface area contributed by atoms with E-state index in [-0.39, 0.29) is 6.10 Å². The van der Waals surface area contributed by atoms with Crippen LogP contribution in [0.4, 0.5) is 0 Å². The topological polar surface area (TPSA) is 58.6 Å². The van der Waals surface area contributed by atoms with Crippen LogP contribution in [-0.2, 0) is 9.53 Å². The third-order valence-corrected chi connectivity index (χ3v) is 1.64. The van der Waals surface area contributed by atoms with Gasteiger partial charge in [0.25, 0.3) is 0 Å². The number of hydrogen-bond acceptors (Lipinski definition) is 4. The predicted octanol–water partition coefficient (Wildman–Crippen LogP) is 0.670. The summed E-state index contributed by atoms with van der Waals surface area (Å²) in [6, 6.07) is 0. The van der Waals surface area contributed by atoms with Crippen LogP contribution in [0, 0.1) is 5.92 Å². The Morgan fingerprint density at radius 1 is 1.57 bits per heavy atom. The van der Waals surface area contributed by atoms with Gasteiger partial charge < -0.3 is 15.2 Å². The number of aliphatic hydroxyl groups excluding tert-OH is 1. The predicted molar refractivity (Wildman–Crippen MR) is 54.6 cm³/mol. The number of hydrogen-bond donors (Lipinski definition) is 2. The first kappa shape index (κ1) is 13.0. The number of rotatable bonds is 6. The lowest BCUT2D eigenvalue weighted by Crippen LogP contribution is -2.24. The maximum absolute atomic E-state index is 10.6. The molecule has 1 atom stereocenters. The van der Waals surface area contributed by atoms with E-state index < -0.39 is 5.97 Å². The smallest absolute Gasteiger partial charge is 0.331 e. The van der Waals surface area contributed by atoms with E-state index >= 15 is 0 Å². The summed E-state index contributed by atoms with van der Waals surface area (Å²) in [6.07, 6.45) is 3.13. The third-order valence-electron chi connectivity index (χ3n) is 1.64. The molecule has 0 radical (unpaired) electrons. The van der Waals surface area contributed by atoms with Gasteiger partial charge in [-0.2, -0.15) is 0 Å². The van der Waals surface area contributed by atoms with Gasteiger partial charge in [0.1, 0.15) is 0 Å². The average Bonchev–Trinajstić information content (AvgIpc) is 2.10. The first-order valence-corrected chi connectivity index (χ1v) is 4.72. The van der Waals surface area contributed by atoms with Gasteiger partial charge in [0.15, 0.2) is 0 Å². The molecule has 4 nitrogen and oxygen atoms in total. The minimum Gasteiger partial charge on any atom is -0.466 e. The molecular formula is C10H19NO3. The molecule has 0 aliphatic rings. The molecule has 0 heterocycles. The quantitative estimate of drug-likeness (QED) is 0.490. The molecule has 0 aromatic carbocycles. The first-order chi connectivity index (χ1) is 6.56. The molecule has 2 N–H and O–H groups in total. The molecule has 82 valence electrons. The summed E-state index contributed by atoms with van der Waals surface area (Å²) in [5, 5.41) is 12.3.